The molecule has 1 fully saturated rings. The van der Waals surface area contributed by atoms with Gasteiger partial charge in [-0.25, -0.2) is 0 Å². The summed E-state index contributed by atoms with van der Waals surface area (Å²) in [6.07, 6.45) is 1.73. The second-order valence-electron chi connectivity index (χ2n) is 7.66. The standard InChI is InChI=1S/C22H24ClN5O4.3ClH/c23-17-1-3-19-20(5-6-24-21(19)14-17)25-18-2-4-22(29)16(13-18)15-27-9-7-26(8-10-27)11-12-32-28(30)31;;;/h1-6,13-14,29H,7-12,15H2,(H,24,25);3*1H. The van der Waals surface area contributed by atoms with Crippen LogP contribution in [0.4, 0.5) is 11.4 Å². The van der Waals surface area contributed by atoms with Crippen LogP contribution in [-0.2, 0) is 11.4 Å². The topological polar surface area (TPSA) is 104 Å². The van der Waals surface area contributed by atoms with Gasteiger partial charge in [0.1, 0.15) is 12.4 Å². The average molecular weight is 567 g/mol. The number of halogens is 4. The maximum atomic E-state index is 10.4. The summed E-state index contributed by atoms with van der Waals surface area (Å²) in [5, 5.41) is 24.9. The van der Waals surface area contributed by atoms with Gasteiger partial charge < -0.3 is 15.3 Å². The number of rotatable bonds is 8. The third kappa shape index (κ3) is 8.42. The Morgan fingerprint density at radius 1 is 1.06 bits per heavy atom. The van der Waals surface area contributed by atoms with E-state index in [1.54, 1.807) is 12.3 Å². The number of aromatic nitrogens is 1. The first-order valence-corrected chi connectivity index (χ1v) is 10.7. The molecular formula is C22H27Cl4N5O4. The first-order valence-electron chi connectivity index (χ1n) is 10.3. The Morgan fingerprint density at radius 2 is 1.77 bits per heavy atom. The molecule has 1 aliphatic heterocycles. The monoisotopic (exact) mass is 565 g/mol. The van der Waals surface area contributed by atoms with Gasteiger partial charge in [-0.3, -0.25) is 14.8 Å². The summed E-state index contributed by atoms with van der Waals surface area (Å²) in [5.41, 5.74) is 3.43. The zero-order chi connectivity index (χ0) is 22.5. The van der Waals surface area contributed by atoms with E-state index >= 15 is 0 Å². The van der Waals surface area contributed by atoms with Crippen LogP contribution in [0.25, 0.3) is 10.9 Å². The normalized spacial score (nSPS) is 13.7. The van der Waals surface area contributed by atoms with Crippen molar-refractivity contribution in [2.45, 2.75) is 6.54 Å². The zero-order valence-electron chi connectivity index (χ0n) is 18.6. The van der Waals surface area contributed by atoms with E-state index in [0.717, 1.165) is 54.0 Å². The minimum absolute atomic E-state index is 0. The number of nitrogens with zero attached hydrogens (tertiary/aromatic N) is 4. The number of anilines is 2. The number of phenolic OH excluding ortho intramolecular Hbond substituents is 1. The first-order chi connectivity index (χ1) is 15.5. The fraction of sp³-hybridized carbons (Fsp3) is 0.318. The number of nitrogens with one attached hydrogen (secondary N) is 1. The molecule has 0 aliphatic carbocycles. The third-order valence-corrected chi connectivity index (χ3v) is 5.76. The van der Waals surface area contributed by atoms with Crippen LogP contribution in [0.1, 0.15) is 5.56 Å². The predicted octanol–water partition coefficient (Wildman–Crippen LogP) is 4.93. The number of fused-ring (bicyclic) bond motifs is 1. The van der Waals surface area contributed by atoms with Crippen LogP contribution in [0.5, 0.6) is 5.75 Å². The predicted molar refractivity (Wildman–Crippen MR) is 145 cm³/mol. The molecule has 2 heterocycles. The summed E-state index contributed by atoms with van der Waals surface area (Å²) in [7, 11) is 0. The molecule has 0 spiro atoms. The molecule has 13 heteroatoms. The minimum atomic E-state index is -0.760. The van der Waals surface area contributed by atoms with E-state index in [4.69, 9.17) is 11.6 Å². The Balaban J connectivity index is 0.00000204. The van der Waals surface area contributed by atoms with Gasteiger partial charge in [-0.2, -0.15) is 0 Å². The van der Waals surface area contributed by atoms with E-state index in [2.05, 4.69) is 24.9 Å². The fourth-order valence-corrected chi connectivity index (χ4v) is 4.00. The van der Waals surface area contributed by atoms with E-state index in [9.17, 15) is 15.2 Å². The van der Waals surface area contributed by atoms with E-state index in [0.29, 0.717) is 18.1 Å². The Morgan fingerprint density at radius 3 is 2.49 bits per heavy atom. The maximum Gasteiger partial charge on any atom is 0.294 e. The van der Waals surface area contributed by atoms with Crippen molar-refractivity contribution in [3.63, 3.8) is 0 Å². The molecule has 0 saturated carbocycles. The summed E-state index contributed by atoms with van der Waals surface area (Å²) < 4.78 is 0. The Labute approximate surface area is 226 Å². The van der Waals surface area contributed by atoms with Gasteiger partial charge >= 0.3 is 0 Å². The molecule has 192 valence electrons. The van der Waals surface area contributed by atoms with Gasteiger partial charge in [-0.05, 0) is 42.5 Å². The molecule has 0 amide bonds. The van der Waals surface area contributed by atoms with E-state index < -0.39 is 5.09 Å². The molecule has 3 aromatic rings. The zero-order valence-corrected chi connectivity index (χ0v) is 21.8. The van der Waals surface area contributed by atoms with Crippen molar-refractivity contribution in [3.8, 4) is 5.75 Å². The van der Waals surface area contributed by atoms with E-state index in [1.807, 2.05) is 36.4 Å². The van der Waals surface area contributed by atoms with Gasteiger partial charge in [-0.15, -0.1) is 47.3 Å². The van der Waals surface area contributed by atoms with Crippen molar-refractivity contribution in [3.05, 3.63) is 69.4 Å². The lowest BCUT2D eigenvalue weighted by molar-refractivity contribution is -0.757. The molecule has 1 aromatic heterocycles. The molecule has 2 N–H and O–H groups in total. The van der Waals surface area contributed by atoms with E-state index in [-0.39, 0.29) is 49.6 Å². The van der Waals surface area contributed by atoms with Gasteiger partial charge in [0.25, 0.3) is 5.09 Å². The summed E-state index contributed by atoms with van der Waals surface area (Å²) in [6.45, 7) is 4.45. The highest BCUT2D eigenvalue weighted by Gasteiger charge is 2.18. The molecule has 2 aromatic carbocycles. The molecule has 4 rings (SSSR count). The number of benzene rings is 2. The first kappa shape index (κ1) is 30.8. The second-order valence-corrected chi connectivity index (χ2v) is 8.10. The molecule has 0 radical (unpaired) electrons. The summed E-state index contributed by atoms with van der Waals surface area (Å²) in [5.74, 6) is 0.253. The van der Waals surface area contributed by atoms with Crippen LogP contribution in [0.15, 0.2) is 48.7 Å². The van der Waals surface area contributed by atoms with Crippen LogP contribution in [0.3, 0.4) is 0 Å². The van der Waals surface area contributed by atoms with Gasteiger partial charge in [0.05, 0.1) is 5.52 Å². The molecule has 1 aliphatic rings. The Bertz CT molecular complexity index is 1120. The Kier molecular flexibility index (Phi) is 12.6. The van der Waals surface area contributed by atoms with Crippen LogP contribution in [-0.4, -0.2) is 64.3 Å². The van der Waals surface area contributed by atoms with Crippen LogP contribution < -0.4 is 5.32 Å². The number of pyridine rings is 1. The van der Waals surface area contributed by atoms with Crippen molar-refractivity contribution in [1.82, 2.24) is 14.8 Å². The third-order valence-electron chi connectivity index (χ3n) is 5.53. The van der Waals surface area contributed by atoms with Crippen LogP contribution in [0, 0.1) is 10.1 Å². The quantitative estimate of drug-likeness (QED) is 0.225. The van der Waals surface area contributed by atoms with Gasteiger partial charge in [0, 0.05) is 72.8 Å². The molecule has 1 saturated heterocycles. The highest BCUT2D eigenvalue weighted by Crippen LogP contribution is 2.30. The smallest absolute Gasteiger partial charge is 0.294 e. The summed E-state index contributed by atoms with van der Waals surface area (Å²) in [6, 6.07) is 13.0. The molecule has 0 bridgehead atoms. The van der Waals surface area contributed by atoms with Gasteiger partial charge in [-0.1, -0.05) is 11.6 Å². The highest BCUT2D eigenvalue weighted by atomic mass is 35.5. The highest BCUT2D eigenvalue weighted by molar-refractivity contribution is 6.31. The molecule has 0 unspecified atom stereocenters. The van der Waals surface area contributed by atoms with Crippen LogP contribution in [0.2, 0.25) is 5.02 Å². The number of piperazine rings is 1. The number of aromatic hydroxyl groups is 1. The summed E-state index contributed by atoms with van der Waals surface area (Å²) >= 11 is 6.08. The molecular weight excluding hydrogens is 540 g/mol. The fourth-order valence-electron chi connectivity index (χ4n) is 3.83. The molecule has 35 heavy (non-hydrogen) atoms. The lowest BCUT2D eigenvalue weighted by atomic mass is 10.1. The van der Waals surface area contributed by atoms with E-state index in [1.165, 1.54) is 0 Å². The molecule has 9 nitrogen and oxygen atoms in total. The van der Waals surface area contributed by atoms with Gasteiger partial charge in [0.2, 0.25) is 0 Å². The maximum absolute atomic E-state index is 10.4. The average Bonchev–Trinajstić information content (AvgIpc) is 2.77. The number of phenols is 1. The molecule has 0 atom stereocenters. The van der Waals surface area contributed by atoms with Crippen molar-refractivity contribution in [1.29, 1.82) is 0 Å². The number of hydrogen-bond donors (Lipinski definition) is 2. The van der Waals surface area contributed by atoms with Crippen molar-refractivity contribution < 1.29 is 15.0 Å². The van der Waals surface area contributed by atoms with Crippen molar-refractivity contribution in [2.24, 2.45) is 0 Å². The Hall–Kier alpha value is -2.27. The SMILES string of the molecule is Cl.Cl.Cl.O=[N+]([O-])OCCN1CCN(Cc2cc(Nc3ccnc4cc(Cl)ccc34)ccc2O)CC1. The largest absolute Gasteiger partial charge is 0.508 e. The van der Waals surface area contributed by atoms with Gasteiger partial charge in [0.15, 0.2) is 0 Å². The minimum Gasteiger partial charge on any atom is -0.508 e. The lowest BCUT2D eigenvalue weighted by Gasteiger charge is -2.34. The summed E-state index contributed by atoms with van der Waals surface area (Å²) in [4.78, 5) is 23.4. The second kappa shape index (κ2) is 14.3. The van der Waals surface area contributed by atoms with Crippen molar-refractivity contribution in [2.75, 3.05) is 44.6 Å². The number of hydrogen-bond acceptors (Lipinski definition) is 8. The van der Waals surface area contributed by atoms with Crippen molar-refractivity contribution >= 4 is 71.1 Å². The van der Waals surface area contributed by atoms with Crippen LogP contribution >= 0.6 is 48.8 Å². The lowest BCUT2D eigenvalue weighted by Crippen LogP contribution is -2.46.